The molecule has 1 heterocycles. The molecule has 2 rings (SSSR count). The number of carboxylic acids is 1. The Kier molecular flexibility index (Phi) is 4.43. The maximum atomic E-state index is 12.3. The first-order chi connectivity index (χ1) is 9.72. The number of sulfonamides is 1. The van der Waals surface area contributed by atoms with Crippen LogP contribution in [0.15, 0.2) is 17.2 Å². The van der Waals surface area contributed by atoms with E-state index in [-0.39, 0.29) is 16.6 Å². The third-order valence-corrected chi connectivity index (χ3v) is 5.32. The molecule has 6 nitrogen and oxygen atoms in total. The number of carbonyl (C=O) groups is 1. The van der Waals surface area contributed by atoms with Crippen LogP contribution in [0, 0.1) is 11.8 Å². The second-order valence-corrected chi connectivity index (χ2v) is 7.80. The van der Waals surface area contributed by atoms with E-state index in [1.165, 1.54) is 16.8 Å². The van der Waals surface area contributed by atoms with Crippen LogP contribution in [0.3, 0.4) is 0 Å². The lowest BCUT2D eigenvalue weighted by molar-refractivity contribution is 0.0683. The average molecular weight is 314 g/mol. The second-order valence-electron chi connectivity index (χ2n) is 6.03. The summed E-state index contributed by atoms with van der Waals surface area (Å²) in [6, 6.07) is 1.09. The third kappa shape index (κ3) is 3.65. The van der Waals surface area contributed by atoms with E-state index in [2.05, 4.69) is 4.72 Å². The number of hydrogen-bond acceptors (Lipinski definition) is 3. The predicted octanol–water partition coefficient (Wildman–Crippen LogP) is 2.09. The van der Waals surface area contributed by atoms with Gasteiger partial charge in [-0.3, -0.25) is 0 Å². The molecule has 0 aromatic carbocycles. The summed E-state index contributed by atoms with van der Waals surface area (Å²) in [7, 11) is -3.66. The zero-order valence-corrected chi connectivity index (χ0v) is 13.4. The van der Waals surface area contributed by atoms with Crippen LogP contribution in [-0.4, -0.2) is 30.6 Å². The van der Waals surface area contributed by atoms with Crippen molar-refractivity contribution < 1.29 is 18.3 Å². The standard InChI is InChI=1S/C14H22N2O4S/c1-9(2)16-8-12(6-13(16)14(17)18)21(19,20)15-7-10(3)11-4-5-11/h6,8-11,15H,4-5,7H2,1-3H3,(H,17,18). The van der Waals surface area contributed by atoms with Gasteiger partial charge in [0.05, 0.1) is 0 Å². The first-order valence-corrected chi connectivity index (χ1v) is 8.65. The van der Waals surface area contributed by atoms with Crippen LogP contribution in [0.1, 0.15) is 50.1 Å². The summed E-state index contributed by atoms with van der Waals surface area (Å²) in [6.45, 7) is 6.04. The smallest absolute Gasteiger partial charge is 0.352 e. The van der Waals surface area contributed by atoms with Crippen LogP contribution in [0.4, 0.5) is 0 Å². The van der Waals surface area contributed by atoms with Gasteiger partial charge in [-0.05, 0) is 44.6 Å². The highest BCUT2D eigenvalue weighted by Crippen LogP contribution is 2.36. The minimum Gasteiger partial charge on any atom is -0.477 e. The van der Waals surface area contributed by atoms with Gasteiger partial charge >= 0.3 is 5.97 Å². The predicted molar refractivity (Wildman–Crippen MR) is 78.9 cm³/mol. The highest BCUT2D eigenvalue weighted by atomic mass is 32.2. The molecule has 1 aliphatic rings. The zero-order valence-electron chi connectivity index (χ0n) is 12.5. The fourth-order valence-electron chi connectivity index (χ4n) is 2.36. The Morgan fingerprint density at radius 3 is 2.48 bits per heavy atom. The minimum atomic E-state index is -3.66. The van der Waals surface area contributed by atoms with Crippen LogP contribution >= 0.6 is 0 Å². The van der Waals surface area contributed by atoms with Gasteiger partial charge in [-0.15, -0.1) is 0 Å². The molecule has 1 fully saturated rings. The van der Waals surface area contributed by atoms with Gasteiger partial charge in [-0.2, -0.15) is 0 Å². The molecular formula is C14H22N2O4S. The molecule has 1 aromatic heterocycles. The van der Waals surface area contributed by atoms with Gasteiger partial charge in [0.15, 0.2) is 0 Å². The van der Waals surface area contributed by atoms with E-state index in [1.807, 2.05) is 20.8 Å². The molecule has 1 aliphatic carbocycles. The fourth-order valence-corrected chi connectivity index (χ4v) is 3.52. The molecule has 1 saturated carbocycles. The maximum Gasteiger partial charge on any atom is 0.352 e. The molecule has 0 radical (unpaired) electrons. The number of hydrogen-bond donors (Lipinski definition) is 2. The van der Waals surface area contributed by atoms with E-state index in [4.69, 9.17) is 5.11 Å². The van der Waals surface area contributed by atoms with Gasteiger partial charge in [0.2, 0.25) is 10.0 Å². The van der Waals surface area contributed by atoms with Gasteiger partial charge in [0, 0.05) is 18.8 Å². The van der Waals surface area contributed by atoms with E-state index in [0.717, 1.165) is 12.8 Å². The summed E-state index contributed by atoms with van der Waals surface area (Å²) in [5.74, 6) is -0.204. The molecule has 0 amide bonds. The summed E-state index contributed by atoms with van der Waals surface area (Å²) < 4.78 is 28.6. The highest BCUT2D eigenvalue weighted by molar-refractivity contribution is 7.89. The molecule has 7 heteroatoms. The highest BCUT2D eigenvalue weighted by Gasteiger charge is 2.29. The van der Waals surface area contributed by atoms with Crippen molar-refractivity contribution in [1.29, 1.82) is 0 Å². The van der Waals surface area contributed by atoms with Crippen molar-refractivity contribution in [3.63, 3.8) is 0 Å². The van der Waals surface area contributed by atoms with Gasteiger partial charge in [-0.1, -0.05) is 6.92 Å². The van der Waals surface area contributed by atoms with E-state index >= 15 is 0 Å². The molecule has 0 spiro atoms. The summed E-state index contributed by atoms with van der Waals surface area (Å²) in [5, 5.41) is 9.16. The van der Waals surface area contributed by atoms with Gasteiger partial charge in [-0.25, -0.2) is 17.9 Å². The molecule has 118 valence electrons. The Balaban J connectivity index is 2.19. The van der Waals surface area contributed by atoms with Crippen molar-refractivity contribution in [1.82, 2.24) is 9.29 Å². The first-order valence-electron chi connectivity index (χ1n) is 7.17. The summed E-state index contributed by atoms with van der Waals surface area (Å²) in [5.41, 5.74) is -0.0133. The number of aromatic nitrogens is 1. The average Bonchev–Trinajstić information content (AvgIpc) is 3.12. The Morgan fingerprint density at radius 1 is 1.43 bits per heavy atom. The maximum absolute atomic E-state index is 12.3. The lowest BCUT2D eigenvalue weighted by atomic mass is 10.1. The zero-order chi connectivity index (χ0) is 15.8. The van der Waals surface area contributed by atoms with Crippen molar-refractivity contribution in [3.05, 3.63) is 18.0 Å². The Labute approximate surface area is 125 Å². The van der Waals surface area contributed by atoms with E-state index < -0.39 is 16.0 Å². The lowest BCUT2D eigenvalue weighted by Gasteiger charge is -2.11. The number of carboxylic acid groups (broad SMARTS) is 1. The summed E-state index contributed by atoms with van der Waals surface area (Å²) in [6.07, 6.45) is 3.71. The normalized spacial score (nSPS) is 17.1. The van der Waals surface area contributed by atoms with Gasteiger partial charge in [0.25, 0.3) is 0 Å². The molecular weight excluding hydrogens is 292 g/mol. The second kappa shape index (κ2) is 5.81. The van der Waals surface area contributed by atoms with E-state index in [1.54, 1.807) is 0 Å². The Morgan fingerprint density at radius 2 is 2.05 bits per heavy atom. The van der Waals surface area contributed by atoms with E-state index in [0.29, 0.717) is 18.4 Å². The fraction of sp³-hybridized carbons (Fsp3) is 0.643. The van der Waals surface area contributed by atoms with E-state index in [9.17, 15) is 13.2 Å². The van der Waals surface area contributed by atoms with Crippen molar-refractivity contribution in [3.8, 4) is 0 Å². The number of nitrogens with zero attached hydrogens (tertiary/aromatic N) is 1. The molecule has 21 heavy (non-hydrogen) atoms. The lowest BCUT2D eigenvalue weighted by Crippen LogP contribution is -2.29. The molecule has 1 atom stereocenters. The van der Waals surface area contributed by atoms with Crippen LogP contribution < -0.4 is 4.72 Å². The largest absolute Gasteiger partial charge is 0.477 e. The van der Waals surface area contributed by atoms with Crippen LogP contribution in [0.2, 0.25) is 0 Å². The van der Waals surface area contributed by atoms with Crippen molar-refractivity contribution in [2.75, 3.05) is 6.54 Å². The van der Waals surface area contributed by atoms with Crippen LogP contribution in [-0.2, 0) is 10.0 Å². The molecule has 0 saturated heterocycles. The van der Waals surface area contributed by atoms with Crippen LogP contribution in [0.25, 0.3) is 0 Å². The topological polar surface area (TPSA) is 88.4 Å². The molecule has 0 aliphatic heterocycles. The number of aromatic carboxylic acids is 1. The Bertz CT molecular complexity index is 629. The molecule has 1 unspecified atom stereocenters. The monoisotopic (exact) mass is 314 g/mol. The molecule has 2 N–H and O–H groups in total. The van der Waals surface area contributed by atoms with Crippen molar-refractivity contribution >= 4 is 16.0 Å². The van der Waals surface area contributed by atoms with Crippen molar-refractivity contribution in [2.45, 2.75) is 44.6 Å². The summed E-state index contributed by atoms with van der Waals surface area (Å²) in [4.78, 5) is 11.2. The van der Waals surface area contributed by atoms with Gasteiger partial charge < -0.3 is 9.67 Å². The summed E-state index contributed by atoms with van der Waals surface area (Å²) >= 11 is 0. The Hall–Kier alpha value is -1.34. The SMILES string of the molecule is CC(CNS(=O)(=O)c1cc(C(=O)O)n(C(C)C)c1)C1CC1. The van der Waals surface area contributed by atoms with Gasteiger partial charge in [0.1, 0.15) is 10.6 Å². The number of rotatable bonds is 7. The third-order valence-electron chi connectivity index (χ3n) is 3.93. The quantitative estimate of drug-likeness (QED) is 0.806. The first kappa shape index (κ1) is 16.0. The van der Waals surface area contributed by atoms with Crippen molar-refractivity contribution in [2.24, 2.45) is 11.8 Å². The molecule has 1 aromatic rings. The molecule has 0 bridgehead atoms. The number of nitrogens with one attached hydrogen (secondary N) is 1. The minimum absolute atomic E-state index is 0.0107. The van der Waals surface area contributed by atoms with Crippen LogP contribution in [0.5, 0.6) is 0 Å².